The van der Waals surface area contributed by atoms with Crippen LogP contribution in [0.25, 0.3) is 21.9 Å². The first-order chi connectivity index (χ1) is 10.3. The third-order valence-electron chi connectivity index (χ3n) is 3.34. The Balaban J connectivity index is 1.87. The first kappa shape index (κ1) is 12.2. The number of para-hydroxylation sites is 2. The van der Waals surface area contributed by atoms with Crippen LogP contribution in [0, 0.1) is 0 Å². The maximum absolute atomic E-state index is 6.34. The van der Waals surface area contributed by atoms with Crippen molar-refractivity contribution in [1.29, 1.82) is 0 Å². The lowest BCUT2D eigenvalue weighted by atomic mass is 10.2. The zero-order valence-electron chi connectivity index (χ0n) is 11.0. The van der Waals surface area contributed by atoms with Gasteiger partial charge in [-0.15, -0.1) is 0 Å². The molecule has 2 N–H and O–H groups in total. The quantitative estimate of drug-likeness (QED) is 0.535. The van der Waals surface area contributed by atoms with Crippen molar-refractivity contribution < 1.29 is 0 Å². The van der Waals surface area contributed by atoms with E-state index in [9.17, 15) is 0 Å². The van der Waals surface area contributed by atoms with Gasteiger partial charge in [0.1, 0.15) is 10.8 Å². The maximum atomic E-state index is 6.34. The Labute approximate surface area is 125 Å². The SMILES string of the molecule is Clc1nc(Nc2ccccc2)nc2[nH]c3ccccc3c12. The minimum atomic E-state index is 0.441. The Kier molecular flexibility index (Phi) is 2.75. The van der Waals surface area contributed by atoms with Gasteiger partial charge < -0.3 is 10.3 Å². The van der Waals surface area contributed by atoms with E-state index in [0.717, 1.165) is 27.6 Å². The number of rotatable bonds is 2. The molecule has 0 aliphatic heterocycles. The molecule has 0 saturated carbocycles. The molecule has 0 bridgehead atoms. The fraction of sp³-hybridized carbons (Fsp3) is 0. The number of aromatic amines is 1. The van der Waals surface area contributed by atoms with Crippen molar-refractivity contribution in [3.63, 3.8) is 0 Å². The zero-order valence-corrected chi connectivity index (χ0v) is 11.7. The van der Waals surface area contributed by atoms with Gasteiger partial charge in [0.15, 0.2) is 0 Å². The fourth-order valence-corrected chi connectivity index (χ4v) is 2.68. The first-order valence-electron chi connectivity index (χ1n) is 6.57. The van der Waals surface area contributed by atoms with E-state index in [1.807, 2.05) is 54.6 Å². The summed E-state index contributed by atoms with van der Waals surface area (Å²) >= 11 is 6.34. The number of halogens is 1. The van der Waals surface area contributed by atoms with Crippen molar-refractivity contribution in [1.82, 2.24) is 15.0 Å². The number of anilines is 2. The van der Waals surface area contributed by atoms with Crippen molar-refractivity contribution in [3.8, 4) is 0 Å². The molecule has 4 rings (SSSR count). The lowest BCUT2D eigenvalue weighted by molar-refractivity contribution is 1.20. The van der Waals surface area contributed by atoms with Crippen molar-refractivity contribution in [3.05, 3.63) is 59.8 Å². The average Bonchev–Trinajstić information content (AvgIpc) is 2.87. The molecule has 0 saturated heterocycles. The normalized spacial score (nSPS) is 11.1. The molecular weight excluding hydrogens is 284 g/mol. The number of benzene rings is 2. The van der Waals surface area contributed by atoms with Crippen molar-refractivity contribution in [2.24, 2.45) is 0 Å². The van der Waals surface area contributed by atoms with Gasteiger partial charge in [-0.25, -0.2) is 4.98 Å². The highest BCUT2D eigenvalue weighted by molar-refractivity contribution is 6.36. The zero-order chi connectivity index (χ0) is 14.2. The fourth-order valence-electron chi connectivity index (χ4n) is 2.41. The number of nitrogens with one attached hydrogen (secondary N) is 2. The van der Waals surface area contributed by atoms with Gasteiger partial charge in [-0.1, -0.05) is 48.0 Å². The topological polar surface area (TPSA) is 53.6 Å². The third-order valence-corrected chi connectivity index (χ3v) is 3.62. The Hall–Kier alpha value is -2.59. The molecular formula is C16H11ClN4. The summed E-state index contributed by atoms with van der Waals surface area (Å²) in [7, 11) is 0. The Morgan fingerprint density at radius 3 is 2.52 bits per heavy atom. The average molecular weight is 295 g/mol. The van der Waals surface area contributed by atoms with Crippen LogP contribution in [0.15, 0.2) is 54.6 Å². The summed E-state index contributed by atoms with van der Waals surface area (Å²) in [5.41, 5.74) is 2.65. The van der Waals surface area contributed by atoms with Crippen LogP contribution in [-0.4, -0.2) is 15.0 Å². The summed E-state index contributed by atoms with van der Waals surface area (Å²) < 4.78 is 0. The van der Waals surface area contributed by atoms with Gasteiger partial charge in [0, 0.05) is 16.6 Å². The molecule has 5 heteroatoms. The highest BCUT2D eigenvalue weighted by Crippen LogP contribution is 2.30. The predicted molar refractivity (Wildman–Crippen MR) is 86.1 cm³/mol. The van der Waals surface area contributed by atoms with Gasteiger partial charge in [-0.2, -0.15) is 4.98 Å². The number of fused-ring (bicyclic) bond motifs is 3. The Morgan fingerprint density at radius 1 is 0.905 bits per heavy atom. The first-order valence-corrected chi connectivity index (χ1v) is 6.95. The van der Waals surface area contributed by atoms with Crippen LogP contribution in [0.5, 0.6) is 0 Å². The van der Waals surface area contributed by atoms with Crippen molar-refractivity contribution in [2.75, 3.05) is 5.32 Å². The Morgan fingerprint density at radius 2 is 1.67 bits per heavy atom. The number of nitrogens with zero attached hydrogens (tertiary/aromatic N) is 2. The molecule has 0 radical (unpaired) electrons. The monoisotopic (exact) mass is 294 g/mol. The van der Waals surface area contributed by atoms with Crippen LogP contribution in [0.3, 0.4) is 0 Å². The minimum Gasteiger partial charge on any atom is -0.339 e. The second kappa shape index (κ2) is 4.75. The van der Waals surface area contributed by atoms with Crippen molar-refractivity contribution >= 4 is 45.2 Å². The van der Waals surface area contributed by atoms with Gasteiger partial charge in [0.2, 0.25) is 5.95 Å². The van der Waals surface area contributed by atoms with Gasteiger partial charge in [0.25, 0.3) is 0 Å². The summed E-state index contributed by atoms with van der Waals surface area (Å²) in [4.78, 5) is 12.1. The standard InChI is InChI=1S/C16H11ClN4/c17-14-13-11-8-4-5-9-12(11)19-15(13)21-16(20-14)18-10-6-2-1-3-7-10/h1-9H,(H2,18,19,20,21). The van der Waals surface area contributed by atoms with E-state index < -0.39 is 0 Å². The van der Waals surface area contributed by atoms with E-state index in [1.165, 1.54) is 0 Å². The number of hydrogen-bond acceptors (Lipinski definition) is 3. The second-order valence-electron chi connectivity index (χ2n) is 4.72. The molecule has 0 unspecified atom stereocenters. The summed E-state index contributed by atoms with van der Waals surface area (Å²) in [6, 6.07) is 17.7. The molecule has 0 atom stereocenters. The Bertz CT molecular complexity index is 931. The molecule has 102 valence electrons. The summed E-state index contributed by atoms with van der Waals surface area (Å²) in [5, 5.41) is 5.48. The molecule has 0 spiro atoms. The van der Waals surface area contributed by atoms with Crippen LogP contribution in [0.4, 0.5) is 11.6 Å². The summed E-state index contributed by atoms with van der Waals surface area (Å²) in [6.45, 7) is 0. The number of hydrogen-bond donors (Lipinski definition) is 2. The summed E-state index contributed by atoms with van der Waals surface area (Å²) in [6.07, 6.45) is 0. The van der Waals surface area contributed by atoms with Crippen LogP contribution < -0.4 is 5.32 Å². The van der Waals surface area contributed by atoms with Crippen LogP contribution >= 0.6 is 11.6 Å². The van der Waals surface area contributed by atoms with E-state index in [0.29, 0.717) is 11.1 Å². The second-order valence-corrected chi connectivity index (χ2v) is 5.08. The molecule has 2 heterocycles. The summed E-state index contributed by atoms with van der Waals surface area (Å²) in [5.74, 6) is 0.477. The molecule has 4 nitrogen and oxygen atoms in total. The molecule has 0 amide bonds. The highest BCUT2D eigenvalue weighted by atomic mass is 35.5. The molecule has 0 aliphatic carbocycles. The minimum absolute atomic E-state index is 0.441. The van der Waals surface area contributed by atoms with Gasteiger partial charge in [-0.05, 0) is 18.2 Å². The maximum Gasteiger partial charge on any atom is 0.230 e. The molecule has 4 aromatic rings. The predicted octanol–water partition coefficient (Wildman–Crippen LogP) is 4.51. The van der Waals surface area contributed by atoms with E-state index in [-0.39, 0.29) is 0 Å². The van der Waals surface area contributed by atoms with E-state index >= 15 is 0 Å². The van der Waals surface area contributed by atoms with E-state index in [4.69, 9.17) is 11.6 Å². The molecule has 2 aromatic carbocycles. The van der Waals surface area contributed by atoms with E-state index in [2.05, 4.69) is 20.3 Å². The molecule has 21 heavy (non-hydrogen) atoms. The van der Waals surface area contributed by atoms with Crippen LogP contribution in [-0.2, 0) is 0 Å². The van der Waals surface area contributed by atoms with Gasteiger partial charge in [0.05, 0.1) is 5.39 Å². The smallest absolute Gasteiger partial charge is 0.230 e. The van der Waals surface area contributed by atoms with Gasteiger partial charge >= 0.3 is 0 Å². The van der Waals surface area contributed by atoms with Crippen molar-refractivity contribution in [2.45, 2.75) is 0 Å². The third kappa shape index (κ3) is 2.10. The number of aromatic nitrogens is 3. The van der Waals surface area contributed by atoms with Crippen LogP contribution in [0.1, 0.15) is 0 Å². The molecule has 2 aromatic heterocycles. The highest BCUT2D eigenvalue weighted by Gasteiger charge is 2.12. The lowest BCUT2D eigenvalue weighted by Crippen LogP contribution is -1.97. The lowest BCUT2D eigenvalue weighted by Gasteiger charge is -2.05. The van der Waals surface area contributed by atoms with E-state index in [1.54, 1.807) is 0 Å². The molecule has 0 fully saturated rings. The number of H-pyrrole nitrogens is 1. The van der Waals surface area contributed by atoms with Gasteiger partial charge in [-0.3, -0.25) is 0 Å². The molecule has 0 aliphatic rings. The van der Waals surface area contributed by atoms with Crippen LogP contribution in [0.2, 0.25) is 5.15 Å². The largest absolute Gasteiger partial charge is 0.339 e.